The van der Waals surface area contributed by atoms with Gasteiger partial charge in [-0.15, -0.1) is 0 Å². The van der Waals surface area contributed by atoms with Crippen molar-refractivity contribution in [3.05, 3.63) is 24.4 Å². The van der Waals surface area contributed by atoms with Crippen molar-refractivity contribution in [1.29, 1.82) is 0 Å². The van der Waals surface area contributed by atoms with Crippen LogP contribution in [-0.2, 0) is 14.4 Å². The SMILES string of the molecule is O=C(CN1C(=O)C2CC=CCC2C1=O)Nc1ccnn1C1CCCC1. The minimum Gasteiger partial charge on any atom is -0.309 e. The Balaban J connectivity index is 1.42. The van der Waals surface area contributed by atoms with Crippen molar-refractivity contribution >= 4 is 23.5 Å². The van der Waals surface area contributed by atoms with Gasteiger partial charge in [-0.05, 0) is 25.7 Å². The van der Waals surface area contributed by atoms with Crippen LogP contribution in [0.5, 0.6) is 0 Å². The first-order valence-electron chi connectivity index (χ1n) is 8.98. The number of fused-ring (bicyclic) bond motifs is 1. The Bertz CT molecular complexity index is 706. The zero-order valence-electron chi connectivity index (χ0n) is 14.1. The van der Waals surface area contributed by atoms with Gasteiger partial charge < -0.3 is 5.32 Å². The smallest absolute Gasteiger partial charge is 0.245 e. The van der Waals surface area contributed by atoms with E-state index < -0.39 is 0 Å². The Morgan fingerprint density at radius 3 is 2.40 bits per heavy atom. The molecule has 1 aromatic rings. The topological polar surface area (TPSA) is 84.3 Å². The van der Waals surface area contributed by atoms with Gasteiger partial charge in [0.1, 0.15) is 12.4 Å². The quantitative estimate of drug-likeness (QED) is 0.669. The number of imide groups is 1. The molecule has 2 unspecified atom stereocenters. The Labute approximate surface area is 146 Å². The van der Waals surface area contributed by atoms with Crippen molar-refractivity contribution in [2.45, 2.75) is 44.6 Å². The molecule has 3 aliphatic rings. The molecule has 2 fully saturated rings. The van der Waals surface area contributed by atoms with Crippen LogP contribution in [0.1, 0.15) is 44.6 Å². The molecule has 1 saturated carbocycles. The highest BCUT2D eigenvalue weighted by molar-refractivity contribution is 6.08. The third-order valence-corrected chi connectivity index (χ3v) is 5.51. The molecule has 25 heavy (non-hydrogen) atoms. The molecule has 0 spiro atoms. The van der Waals surface area contributed by atoms with Crippen molar-refractivity contribution < 1.29 is 14.4 Å². The number of nitrogens with one attached hydrogen (secondary N) is 1. The molecule has 0 aromatic carbocycles. The number of carbonyl (C=O) groups is 3. The average Bonchev–Trinajstić information content (AvgIpc) is 3.33. The summed E-state index contributed by atoms with van der Waals surface area (Å²) in [5.41, 5.74) is 0. The van der Waals surface area contributed by atoms with E-state index in [9.17, 15) is 14.4 Å². The first-order chi connectivity index (χ1) is 12.1. The highest BCUT2D eigenvalue weighted by Gasteiger charge is 2.47. The van der Waals surface area contributed by atoms with Crippen LogP contribution >= 0.6 is 0 Å². The zero-order chi connectivity index (χ0) is 17.4. The summed E-state index contributed by atoms with van der Waals surface area (Å²) in [7, 11) is 0. The Morgan fingerprint density at radius 2 is 1.76 bits per heavy atom. The number of rotatable bonds is 4. The van der Waals surface area contributed by atoms with E-state index in [4.69, 9.17) is 0 Å². The highest BCUT2D eigenvalue weighted by Crippen LogP contribution is 2.35. The summed E-state index contributed by atoms with van der Waals surface area (Å²) >= 11 is 0. The molecular formula is C18H22N4O3. The van der Waals surface area contributed by atoms with Crippen LogP contribution in [0, 0.1) is 11.8 Å². The molecule has 2 atom stereocenters. The second kappa shape index (κ2) is 6.46. The van der Waals surface area contributed by atoms with Crippen LogP contribution in [0.3, 0.4) is 0 Å². The normalized spacial score (nSPS) is 26.3. The van der Waals surface area contributed by atoms with Gasteiger partial charge >= 0.3 is 0 Å². The molecule has 7 heteroatoms. The highest BCUT2D eigenvalue weighted by atomic mass is 16.2. The lowest BCUT2D eigenvalue weighted by Gasteiger charge is -2.17. The maximum atomic E-state index is 12.4. The molecule has 2 aliphatic carbocycles. The first-order valence-corrected chi connectivity index (χ1v) is 8.98. The lowest BCUT2D eigenvalue weighted by Crippen LogP contribution is -2.38. The average molecular weight is 342 g/mol. The summed E-state index contributed by atoms with van der Waals surface area (Å²) in [6, 6.07) is 2.07. The molecule has 0 bridgehead atoms. The van der Waals surface area contributed by atoms with Crippen LogP contribution < -0.4 is 5.32 Å². The third-order valence-electron chi connectivity index (χ3n) is 5.51. The number of allylic oxidation sites excluding steroid dienone is 2. The summed E-state index contributed by atoms with van der Waals surface area (Å²) < 4.78 is 1.85. The third kappa shape index (κ3) is 2.88. The molecule has 132 valence electrons. The molecule has 1 aromatic heterocycles. The van der Waals surface area contributed by atoms with Gasteiger partial charge in [0.05, 0.1) is 24.1 Å². The fraction of sp³-hybridized carbons (Fsp3) is 0.556. The summed E-state index contributed by atoms with van der Waals surface area (Å²) in [5, 5.41) is 7.13. The number of hydrogen-bond donors (Lipinski definition) is 1. The number of aromatic nitrogens is 2. The minimum absolute atomic E-state index is 0.222. The van der Waals surface area contributed by atoms with Crippen molar-refractivity contribution in [3.63, 3.8) is 0 Å². The predicted octanol–water partition coefficient (Wildman–Crippen LogP) is 1.89. The molecule has 2 heterocycles. The Morgan fingerprint density at radius 1 is 1.12 bits per heavy atom. The summed E-state index contributed by atoms with van der Waals surface area (Å²) in [6.45, 7) is -0.222. The van der Waals surface area contributed by atoms with E-state index in [1.165, 1.54) is 12.8 Å². The number of hydrogen-bond acceptors (Lipinski definition) is 4. The monoisotopic (exact) mass is 342 g/mol. The molecule has 1 aliphatic heterocycles. The van der Waals surface area contributed by atoms with Gasteiger partial charge in [0, 0.05) is 6.07 Å². The maximum absolute atomic E-state index is 12.4. The summed E-state index contributed by atoms with van der Waals surface area (Å²) in [4.78, 5) is 38.4. The van der Waals surface area contributed by atoms with Gasteiger partial charge in [0.2, 0.25) is 17.7 Å². The second-order valence-electron chi connectivity index (χ2n) is 7.07. The van der Waals surface area contributed by atoms with Crippen molar-refractivity contribution in [1.82, 2.24) is 14.7 Å². The molecule has 4 rings (SSSR count). The van der Waals surface area contributed by atoms with Crippen LogP contribution in [-0.4, -0.2) is 38.9 Å². The molecule has 1 N–H and O–H groups in total. The van der Waals surface area contributed by atoms with Crippen molar-refractivity contribution in [2.75, 3.05) is 11.9 Å². The first kappa shape index (κ1) is 16.1. The number of carbonyl (C=O) groups excluding carboxylic acids is 3. The maximum Gasteiger partial charge on any atom is 0.245 e. The number of anilines is 1. The molecule has 7 nitrogen and oxygen atoms in total. The van der Waals surface area contributed by atoms with Crippen LogP contribution in [0.15, 0.2) is 24.4 Å². The lowest BCUT2D eigenvalue weighted by atomic mass is 9.85. The summed E-state index contributed by atoms with van der Waals surface area (Å²) in [5.74, 6) is -0.760. The minimum atomic E-state index is -0.354. The lowest BCUT2D eigenvalue weighted by molar-refractivity contribution is -0.142. The van der Waals surface area contributed by atoms with Crippen LogP contribution in [0.4, 0.5) is 5.82 Å². The number of amides is 3. The molecule has 1 saturated heterocycles. The molecule has 3 amide bonds. The molecular weight excluding hydrogens is 320 g/mol. The summed E-state index contributed by atoms with van der Waals surface area (Å²) in [6.07, 6.45) is 11.2. The van der Waals surface area contributed by atoms with E-state index >= 15 is 0 Å². The van der Waals surface area contributed by atoms with E-state index in [-0.39, 0.29) is 36.1 Å². The second-order valence-corrected chi connectivity index (χ2v) is 7.07. The van der Waals surface area contributed by atoms with E-state index in [1.54, 1.807) is 12.3 Å². The van der Waals surface area contributed by atoms with Gasteiger partial charge in [-0.1, -0.05) is 25.0 Å². The van der Waals surface area contributed by atoms with Crippen LogP contribution in [0.2, 0.25) is 0 Å². The van der Waals surface area contributed by atoms with E-state index in [2.05, 4.69) is 10.4 Å². The number of likely N-dealkylation sites (tertiary alicyclic amines) is 1. The largest absolute Gasteiger partial charge is 0.309 e. The van der Waals surface area contributed by atoms with Gasteiger partial charge in [-0.3, -0.25) is 19.3 Å². The fourth-order valence-electron chi connectivity index (χ4n) is 4.20. The zero-order valence-corrected chi connectivity index (χ0v) is 14.1. The molecule has 0 radical (unpaired) electrons. The van der Waals surface area contributed by atoms with Gasteiger partial charge in [-0.25, -0.2) is 4.68 Å². The van der Waals surface area contributed by atoms with Gasteiger partial charge in [0.15, 0.2) is 0 Å². The number of nitrogens with zero attached hydrogens (tertiary/aromatic N) is 3. The van der Waals surface area contributed by atoms with Crippen LogP contribution in [0.25, 0.3) is 0 Å². The van der Waals surface area contributed by atoms with Crippen molar-refractivity contribution in [2.24, 2.45) is 11.8 Å². The Hall–Kier alpha value is -2.44. The van der Waals surface area contributed by atoms with E-state index in [0.717, 1.165) is 17.7 Å². The standard InChI is InChI=1S/C18H22N4O3/c23-16(20-15-9-10-19-22(15)12-5-1-2-6-12)11-21-17(24)13-7-3-4-8-14(13)18(21)25/h3-4,9-10,12-14H,1-2,5-8,11H2,(H,20,23). The van der Waals surface area contributed by atoms with E-state index in [1.807, 2.05) is 16.8 Å². The fourth-order valence-corrected chi connectivity index (χ4v) is 4.20. The van der Waals surface area contributed by atoms with Crippen molar-refractivity contribution in [3.8, 4) is 0 Å². The van der Waals surface area contributed by atoms with Gasteiger partial charge in [-0.2, -0.15) is 5.10 Å². The van der Waals surface area contributed by atoms with Gasteiger partial charge in [0.25, 0.3) is 0 Å². The Kier molecular flexibility index (Phi) is 4.15. The van der Waals surface area contributed by atoms with E-state index in [0.29, 0.717) is 24.7 Å². The predicted molar refractivity (Wildman–Crippen MR) is 90.4 cm³/mol.